The molecule has 1 saturated carbocycles. The maximum atomic E-state index is 10.6. The van der Waals surface area contributed by atoms with Crippen molar-refractivity contribution in [3.05, 3.63) is 0 Å². The van der Waals surface area contributed by atoms with Gasteiger partial charge in [-0.05, 0) is 19.9 Å². The third-order valence-corrected chi connectivity index (χ3v) is 4.44. The molecule has 106 valence electrons. The van der Waals surface area contributed by atoms with Crippen molar-refractivity contribution in [3.63, 3.8) is 0 Å². The van der Waals surface area contributed by atoms with Gasteiger partial charge in [-0.2, -0.15) is 0 Å². The van der Waals surface area contributed by atoms with Crippen LogP contribution in [0.2, 0.25) is 0 Å². The molecule has 1 aliphatic heterocycles. The minimum absolute atomic E-state index is 0.00505. The van der Waals surface area contributed by atoms with Gasteiger partial charge >= 0.3 is 0 Å². The van der Waals surface area contributed by atoms with Gasteiger partial charge in [-0.25, -0.2) is 0 Å². The second-order valence-electron chi connectivity index (χ2n) is 5.44. The molecule has 2 N–H and O–H groups in total. The van der Waals surface area contributed by atoms with Crippen LogP contribution in [0.5, 0.6) is 0 Å². The van der Waals surface area contributed by atoms with Gasteiger partial charge in [0.25, 0.3) is 0 Å². The van der Waals surface area contributed by atoms with Gasteiger partial charge in [0.05, 0.1) is 24.5 Å². The zero-order valence-electron chi connectivity index (χ0n) is 11.6. The largest absolute Gasteiger partial charge is 0.390 e. The van der Waals surface area contributed by atoms with Gasteiger partial charge in [0.2, 0.25) is 0 Å². The van der Waals surface area contributed by atoms with E-state index in [1.165, 1.54) is 0 Å². The molecule has 0 bridgehead atoms. The normalized spacial score (nSPS) is 40.0. The van der Waals surface area contributed by atoms with E-state index in [2.05, 4.69) is 10.2 Å². The molecule has 2 fully saturated rings. The topological polar surface area (TPSA) is 54.0 Å². The first-order chi connectivity index (χ1) is 8.69. The Kier molecular flexibility index (Phi) is 4.98. The summed E-state index contributed by atoms with van der Waals surface area (Å²) in [5.41, 5.74) is 0. The van der Waals surface area contributed by atoms with Gasteiger partial charge in [0.15, 0.2) is 0 Å². The summed E-state index contributed by atoms with van der Waals surface area (Å²) in [5.74, 6) is 0.145. The van der Waals surface area contributed by atoms with E-state index in [1.54, 1.807) is 14.2 Å². The molecule has 1 heterocycles. The van der Waals surface area contributed by atoms with E-state index < -0.39 is 6.10 Å². The Labute approximate surface area is 109 Å². The molecular weight excluding hydrogens is 232 g/mol. The highest BCUT2D eigenvalue weighted by atomic mass is 16.5. The van der Waals surface area contributed by atoms with Crippen molar-refractivity contribution in [2.24, 2.45) is 5.92 Å². The molecule has 5 atom stereocenters. The molecule has 4 unspecified atom stereocenters. The van der Waals surface area contributed by atoms with Crippen molar-refractivity contribution in [2.75, 3.05) is 34.4 Å². The third kappa shape index (κ3) is 2.70. The Bertz CT molecular complexity index is 265. The van der Waals surface area contributed by atoms with E-state index in [0.717, 1.165) is 32.4 Å². The van der Waals surface area contributed by atoms with Crippen LogP contribution in [0.4, 0.5) is 0 Å². The second kappa shape index (κ2) is 6.30. The van der Waals surface area contributed by atoms with E-state index in [1.807, 2.05) is 7.05 Å². The van der Waals surface area contributed by atoms with Crippen LogP contribution in [0, 0.1) is 5.92 Å². The number of nitrogens with zero attached hydrogens (tertiary/aromatic N) is 1. The van der Waals surface area contributed by atoms with E-state index >= 15 is 0 Å². The average molecular weight is 258 g/mol. The molecule has 0 amide bonds. The number of hydrogen-bond donors (Lipinski definition) is 2. The predicted octanol–water partition coefficient (Wildman–Crippen LogP) is 0.0385. The molecule has 5 heteroatoms. The first kappa shape index (κ1) is 14.2. The third-order valence-electron chi connectivity index (χ3n) is 4.44. The molecule has 0 radical (unpaired) electrons. The standard InChI is InChI=1S/C13H26N2O3/c1-15-8-7-14-13(15)11(16)9-5-4-6-10(17-2)12(9)18-3/h9-14,16H,4-8H2,1-3H3/t9?,10?,11-,12?,13?/m1/s1. The number of hydrogen-bond acceptors (Lipinski definition) is 5. The molecule has 18 heavy (non-hydrogen) atoms. The summed E-state index contributed by atoms with van der Waals surface area (Å²) in [6.45, 7) is 1.93. The summed E-state index contributed by atoms with van der Waals surface area (Å²) in [6, 6.07) is 0. The number of methoxy groups -OCH3 is 2. The van der Waals surface area contributed by atoms with Crippen LogP contribution in [-0.4, -0.2) is 68.8 Å². The van der Waals surface area contributed by atoms with Crippen LogP contribution in [0.1, 0.15) is 19.3 Å². The van der Waals surface area contributed by atoms with Crippen molar-refractivity contribution in [1.29, 1.82) is 0 Å². The molecule has 1 aliphatic carbocycles. The van der Waals surface area contributed by atoms with Crippen LogP contribution in [-0.2, 0) is 9.47 Å². The van der Waals surface area contributed by atoms with E-state index in [4.69, 9.17) is 9.47 Å². The summed E-state index contributed by atoms with van der Waals surface area (Å²) in [6.07, 6.45) is 2.86. The first-order valence-corrected chi connectivity index (χ1v) is 6.86. The molecule has 5 nitrogen and oxygen atoms in total. The fourth-order valence-electron chi connectivity index (χ4n) is 3.40. The Morgan fingerprint density at radius 2 is 2.06 bits per heavy atom. The van der Waals surface area contributed by atoms with Gasteiger partial charge in [0, 0.05) is 33.2 Å². The van der Waals surface area contributed by atoms with E-state index in [0.29, 0.717) is 0 Å². The van der Waals surface area contributed by atoms with E-state index in [-0.39, 0.29) is 24.3 Å². The molecule has 2 aliphatic rings. The summed E-state index contributed by atoms with van der Waals surface area (Å²) in [7, 11) is 5.49. The maximum absolute atomic E-state index is 10.6. The monoisotopic (exact) mass is 258 g/mol. The maximum Gasteiger partial charge on any atom is 0.0886 e. The molecule has 1 saturated heterocycles. The van der Waals surface area contributed by atoms with Crippen LogP contribution in [0.3, 0.4) is 0 Å². The Morgan fingerprint density at radius 3 is 2.61 bits per heavy atom. The molecule has 0 aromatic heterocycles. The van der Waals surface area contributed by atoms with E-state index in [9.17, 15) is 5.11 Å². The minimum atomic E-state index is -0.402. The van der Waals surface area contributed by atoms with Gasteiger partial charge in [-0.3, -0.25) is 10.2 Å². The zero-order valence-corrected chi connectivity index (χ0v) is 11.6. The quantitative estimate of drug-likeness (QED) is 0.745. The van der Waals surface area contributed by atoms with Crippen LogP contribution < -0.4 is 5.32 Å². The Hall–Kier alpha value is -0.200. The average Bonchev–Trinajstić information content (AvgIpc) is 2.83. The number of nitrogens with one attached hydrogen (secondary N) is 1. The summed E-state index contributed by atoms with van der Waals surface area (Å²) < 4.78 is 11.1. The van der Waals surface area contributed by atoms with Crippen LogP contribution >= 0.6 is 0 Å². The van der Waals surface area contributed by atoms with Crippen molar-refractivity contribution >= 4 is 0 Å². The fourth-order valence-corrected chi connectivity index (χ4v) is 3.40. The summed E-state index contributed by atoms with van der Waals surface area (Å²) in [4.78, 5) is 2.17. The lowest BCUT2D eigenvalue weighted by Crippen LogP contribution is -2.54. The van der Waals surface area contributed by atoms with Crippen molar-refractivity contribution < 1.29 is 14.6 Å². The van der Waals surface area contributed by atoms with Crippen LogP contribution in [0.15, 0.2) is 0 Å². The summed E-state index contributed by atoms with van der Waals surface area (Å²) in [5, 5.41) is 14.0. The number of rotatable bonds is 4. The molecule has 0 aromatic rings. The highest BCUT2D eigenvalue weighted by Crippen LogP contribution is 2.32. The number of likely N-dealkylation sites (N-methyl/N-ethyl adjacent to an activating group) is 1. The lowest BCUT2D eigenvalue weighted by atomic mass is 9.79. The molecule has 2 rings (SSSR count). The van der Waals surface area contributed by atoms with Crippen molar-refractivity contribution in [2.45, 2.75) is 43.7 Å². The number of aliphatic hydroxyl groups excluding tert-OH is 1. The summed E-state index contributed by atoms with van der Waals surface area (Å²) >= 11 is 0. The van der Waals surface area contributed by atoms with Gasteiger partial charge < -0.3 is 14.6 Å². The van der Waals surface area contributed by atoms with Gasteiger partial charge in [0.1, 0.15) is 0 Å². The van der Waals surface area contributed by atoms with Gasteiger partial charge in [-0.15, -0.1) is 0 Å². The smallest absolute Gasteiger partial charge is 0.0886 e. The SMILES string of the molecule is COC1CCCC([C@@H](O)C2NCCN2C)C1OC. The molecule has 0 aromatic carbocycles. The predicted molar refractivity (Wildman–Crippen MR) is 69.4 cm³/mol. The Balaban J connectivity index is 2.04. The zero-order chi connectivity index (χ0) is 13.1. The highest BCUT2D eigenvalue weighted by Gasteiger charge is 2.42. The minimum Gasteiger partial charge on any atom is -0.390 e. The lowest BCUT2D eigenvalue weighted by molar-refractivity contribution is -0.126. The van der Waals surface area contributed by atoms with Crippen LogP contribution in [0.25, 0.3) is 0 Å². The number of ether oxygens (including phenoxy) is 2. The Morgan fingerprint density at radius 1 is 1.28 bits per heavy atom. The lowest BCUT2D eigenvalue weighted by Gasteiger charge is -2.41. The molecule has 0 spiro atoms. The number of aliphatic hydroxyl groups is 1. The van der Waals surface area contributed by atoms with Crippen molar-refractivity contribution in [1.82, 2.24) is 10.2 Å². The first-order valence-electron chi connectivity index (χ1n) is 6.86. The molecular formula is C13H26N2O3. The fraction of sp³-hybridized carbons (Fsp3) is 1.00. The highest BCUT2D eigenvalue weighted by molar-refractivity contribution is 4.93. The second-order valence-corrected chi connectivity index (χ2v) is 5.44. The van der Waals surface area contributed by atoms with Gasteiger partial charge in [-0.1, -0.05) is 6.42 Å². The van der Waals surface area contributed by atoms with Crippen molar-refractivity contribution in [3.8, 4) is 0 Å².